The number of rotatable bonds is 4. The molecule has 2 aromatic carbocycles. The number of nitrogens with zero attached hydrogens (tertiary/aromatic N) is 3. The summed E-state index contributed by atoms with van der Waals surface area (Å²) in [5.74, 6) is 0.954. The Labute approximate surface area is 138 Å². The molecule has 118 valence electrons. The van der Waals surface area contributed by atoms with Crippen LogP contribution in [0.5, 0.6) is 0 Å². The summed E-state index contributed by atoms with van der Waals surface area (Å²) in [6, 6.07) is 19.2. The van der Waals surface area contributed by atoms with E-state index in [1.807, 2.05) is 65.2 Å². The van der Waals surface area contributed by atoms with Crippen molar-refractivity contribution in [1.29, 1.82) is 0 Å². The van der Waals surface area contributed by atoms with Gasteiger partial charge >= 0.3 is 0 Å². The Morgan fingerprint density at radius 1 is 1.04 bits per heavy atom. The molecule has 0 aliphatic carbocycles. The average molecular weight is 317 g/mol. The van der Waals surface area contributed by atoms with Crippen LogP contribution in [0.15, 0.2) is 65.1 Å². The highest BCUT2D eigenvalue weighted by Gasteiger charge is 2.18. The lowest BCUT2D eigenvalue weighted by molar-refractivity contribution is 0.0974. The fourth-order valence-electron chi connectivity index (χ4n) is 2.82. The first-order chi connectivity index (χ1) is 11.7. The molecule has 2 heterocycles. The summed E-state index contributed by atoms with van der Waals surface area (Å²) >= 11 is 0. The van der Waals surface area contributed by atoms with Crippen LogP contribution in [-0.4, -0.2) is 20.5 Å². The smallest absolute Gasteiger partial charge is 0.264 e. The second-order valence-corrected chi connectivity index (χ2v) is 5.59. The van der Waals surface area contributed by atoms with Crippen LogP contribution < -0.4 is 0 Å². The molecule has 0 aliphatic heterocycles. The summed E-state index contributed by atoms with van der Waals surface area (Å²) in [6.07, 6.45) is 0. The molecule has 0 saturated carbocycles. The van der Waals surface area contributed by atoms with E-state index in [9.17, 15) is 4.79 Å². The van der Waals surface area contributed by atoms with Crippen LogP contribution in [0.4, 0.5) is 0 Å². The number of hydrogen-bond acceptors (Lipinski definition) is 4. The summed E-state index contributed by atoms with van der Waals surface area (Å²) in [5, 5.41) is 9.03. The summed E-state index contributed by atoms with van der Waals surface area (Å²) in [5.41, 5.74) is 2.40. The van der Waals surface area contributed by atoms with Gasteiger partial charge in [-0.3, -0.25) is 4.79 Å². The Bertz CT molecular complexity index is 1020. The van der Waals surface area contributed by atoms with Gasteiger partial charge in [0.05, 0.1) is 6.54 Å². The van der Waals surface area contributed by atoms with Crippen molar-refractivity contribution in [1.82, 2.24) is 14.8 Å². The maximum atomic E-state index is 12.7. The number of aromatic nitrogens is 3. The van der Waals surface area contributed by atoms with Crippen molar-refractivity contribution in [2.75, 3.05) is 0 Å². The van der Waals surface area contributed by atoms with E-state index in [-0.39, 0.29) is 12.3 Å². The van der Waals surface area contributed by atoms with Crippen LogP contribution in [0.1, 0.15) is 16.2 Å². The topological polar surface area (TPSA) is 60.9 Å². The first-order valence-corrected chi connectivity index (χ1v) is 7.69. The molecule has 0 bridgehead atoms. The first-order valence-electron chi connectivity index (χ1n) is 7.69. The third-order valence-corrected chi connectivity index (χ3v) is 3.95. The summed E-state index contributed by atoms with van der Waals surface area (Å²) in [6.45, 7) is 1.97. The van der Waals surface area contributed by atoms with Gasteiger partial charge in [-0.1, -0.05) is 48.5 Å². The SMILES string of the molecule is Cc1nnc(-c2cc3ccccc3n2CC(=O)c2ccccc2)o1. The number of carbonyl (C=O) groups is 1. The molecule has 0 amide bonds. The Kier molecular flexibility index (Phi) is 3.46. The second-order valence-electron chi connectivity index (χ2n) is 5.59. The molecule has 0 radical (unpaired) electrons. The molecule has 0 N–H and O–H groups in total. The van der Waals surface area contributed by atoms with Crippen LogP contribution in [0, 0.1) is 6.92 Å². The fourth-order valence-corrected chi connectivity index (χ4v) is 2.82. The van der Waals surface area contributed by atoms with Gasteiger partial charge in [-0.15, -0.1) is 10.2 Å². The van der Waals surface area contributed by atoms with Gasteiger partial charge in [0.25, 0.3) is 5.89 Å². The maximum Gasteiger partial charge on any atom is 0.264 e. The number of fused-ring (bicyclic) bond motifs is 1. The molecule has 4 aromatic rings. The zero-order valence-electron chi connectivity index (χ0n) is 13.1. The minimum absolute atomic E-state index is 0.0365. The molecule has 5 heteroatoms. The molecule has 4 rings (SSSR count). The monoisotopic (exact) mass is 317 g/mol. The second kappa shape index (κ2) is 5.77. The van der Waals surface area contributed by atoms with Crippen LogP contribution in [0.3, 0.4) is 0 Å². The first kappa shape index (κ1) is 14.4. The van der Waals surface area contributed by atoms with Crippen molar-refractivity contribution in [2.45, 2.75) is 13.5 Å². The molecule has 24 heavy (non-hydrogen) atoms. The van der Waals surface area contributed by atoms with Gasteiger partial charge < -0.3 is 8.98 Å². The number of Topliss-reactive ketones (excluding diaryl/α,β-unsaturated/α-hetero) is 1. The minimum atomic E-state index is 0.0365. The highest BCUT2D eigenvalue weighted by molar-refractivity contribution is 5.97. The largest absolute Gasteiger partial charge is 0.420 e. The normalized spacial score (nSPS) is 11.0. The fraction of sp³-hybridized carbons (Fsp3) is 0.105. The lowest BCUT2D eigenvalue weighted by Gasteiger charge is -2.08. The number of hydrogen-bond donors (Lipinski definition) is 0. The van der Waals surface area contributed by atoms with Crippen molar-refractivity contribution in [3.63, 3.8) is 0 Å². The lowest BCUT2D eigenvalue weighted by atomic mass is 10.1. The molecule has 5 nitrogen and oxygen atoms in total. The van der Waals surface area contributed by atoms with Gasteiger partial charge in [0.1, 0.15) is 5.69 Å². The summed E-state index contributed by atoms with van der Waals surface area (Å²) in [4.78, 5) is 12.7. The van der Waals surface area contributed by atoms with E-state index < -0.39 is 0 Å². The average Bonchev–Trinajstić information content (AvgIpc) is 3.20. The van der Waals surface area contributed by atoms with Crippen LogP contribution >= 0.6 is 0 Å². The Balaban J connectivity index is 1.82. The Morgan fingerprint density at radius 2 is 1.79 bits per heavy atom. The maximum absolute atomic E-state index is 12.7. The quantitative estimate of drug-likeness (QED) is 0.536. The standard InChI is InChI=1S/C19H15N3O2/c1-13-20-21-19(24-13)17-11-15-9-5-6-10-16(15)22(17)12-18(23)14-7-3-2-4-8-14/h2-11H,12H2,1H3. The number of aryl methyl sites for hydroxylation is 1. The predicted octanol–water partition coefficient (Wildman–Crippen LogP) is 3.88. The van der Waals surface area contributed by atoms with E-state index in [1.54, 1.807) is 6.92 Å². The molecule has 0 unspecified atom stereocenters. The van der Waals surface area contributed by atoms with Crippen LogP contribution in [-0.2, 0) is 6.54 Å². The van der Waals surface area contributed by atoms with Crippen molar-refractivity contribution in [3.8, 4) is 11.6 Å². The molecule has 0 saturated heterocycles. The summed E-state index contributed by atoms with van der Waals surface area (Å²) in [7, 11) is 0. The highest BCUT2D eigenvalue weighted by Crippen LogP contribution is 2.27. The number of ketones is 1. The van der Waals surface area contributed by atoms with Crippen molar-refractivity contribution < 1.29 is 9.21 Å². The van der Waals surface area contributed by atoms with Gasteiger partial charge in [0.2, 0.25) is 5.89 Å². The van der Waals surface area contributed by atoms with Crippen LogP contribution in [0.2, 0.25) is 0 Å². The van der Waals surface area contributed by atoms with Gasteiger partial charge in [-0.25, -0.2) is 0 Å². The third-order valence-electron chi connectivity index (χ3n) is 3.95. The van der Waals surface area contributed by atoms with Gasteiger partial charge in [0, 0.05) is 23.4 Å². The molecule has 0 spiro atoms. The Morgan fingerprint density at radius 3 is 2.54 bits per heavy atom. The molecule has 0 atom stereocenters. The third kappa shape index (κ3) is 2.50. The van der Waals surface area contributed by atoms with E-state index in [2.05, 4.69) is 10.2 Å². The van der Waals surface area contributed by atoms with Gasteiger partial charge in [0.15, 0.2) is 5.78 Å². The van der Waals surface area contributed by atoms with Crippen molar-refractivity contribution >= 4 is 16.7 Å². The molecule has 2 aromatic heterocycles. The zero-order chi connectivity index (χ0) is 16.5. The number of carbonyl (C=O) groups excluding carboxylic acids is 1. The van der Waals surface area contributed by atoms with Gasteiger partial charge in [-0.05, 0) is 12.1 Å². The number of para-hydroxylation sites is 1. The molecule has 0 fully saturated rings. The van der Waals surface area contributed by atoms with E-state index in [1.165, 1.54) is 0 Å². The minimum Gasteiger partial charge on any atom is -0.420 e. The zero-order valence-corrected chi connectivity index (χ0v) is 13.1. The van der Waals surface area contributed by atoms with Crippen LogP contribution in [0.25, 0.3) is 22.5 Å². The summed E-state index contributed by atoms with van der Waals surface area (Å²) < 4.78 is 7.50. The van der Waals surface area contributed by atoms with Gasteiger partial charge in [-0.2, -0.15) is 0 Å². The molecule has 0 aliphatic rings. The van der Waals surface area contributed by atoms with Crippen molar-refractivity contribution in [3.05, 3.63) is 72.1 Å². The van der Waals surface area contributed by atoms with E-state index in [0.717, 1.165) is 16.6 Å². The Hall–Kier alpha value is -3.21. The van der Waals surface area contributed by atoms with Crippen molar-refractivity contribution in [2.24, 2.45) is 0 Å². The molecular formula is C19H15N3O2. The van der Waals surface area contributed by atoms with E-state index in [0.29, 0.717) is 17.3 Å². The van der Waals surface area contributed by atoms with E-state index in [4.69, 9.17) is 4.42 Å². The lowest BCUT2D eigenvalue weighted by Crippen LogP contribution is -2.11. The molecular weight excluding hydrogens is 302 g/mol. The highest BCUT2D eigenvalue weighted by atomic mass is 16.4. The van der Waals surface area contributed by atoms with E-state index >= 15 is 0 Å². The number of benzene rings is 2. The predicted molar refractivity (Wildman–Crippen MR) is 90.7 cm³/mol.